The molecule has 3 rings (SSSR count). The zero-order valence-electron chi connectivity index (χ0n) is 14.4. The van der Waals surface area contributed by atoms with Gasteiger partial charge in [-0.15, -0.1) is 6.58 Å². The third-order valence-corrected chi connectivity index (χ3v) is 4.94. The van der Waals surface area contributed by atoms with Gasteiger partial charge in [0.05, 0.1) is 23.7 Å². The molecule has 3 aromatic rings. The number of nitrogens with zero attached hydrogens (tertiary/aromatic N) is 2. The SMILES string of the molecule is C=CCn1c(=NC(=O)Cc2ccc(C)cc2)sc2cc(OC)ccc21. The maximum atomic E-state index is 12.4. The second kappa shape index (κ2) is 7.49. The Kier molecular flexibility index (Phi) is 5.14. The summed E-state index contributed by atoms with van der Waals surface area (Å²) in [5, 5.41) is 0. The first-order chi connectivity index (χ1) is 12.1. The molecule has 2 aromatic carbocycles. The molecule has 128 valence electrons. The minimum absolute atomic E-state index is 0.153. The Morgan fingerprint density at radius 1 is 1.28 bits per heavy atom. The molecule has 0 saturated carbocycles. The van der Waals surface area contributed by atoms with E-state index in [2.05, 4.69) is 11.6 Å². The molecule has 25 heavy (non-hydrogen) atoms. The summed E-state index contributed by atoms with van der Waals surface area (Å²) in [7, 11) is 1.64. The number of allylic oxidation sites excluding steroid dienone is 1. The monoisotopic (exact) mass is 352 g/mol. The van der Waals surface area contributed by atoms with Crippen LogP contribution >= 0.6 is 11.3 Å². The van der Waals surface area contributed by atoms with Crippen LogP contribution in [-0.4, -0.2) is 17.6 Å². The molecule has 0 unspecified atom stereocenters. The Morgan fingerprint density at radius 2 is 2.04 bits per heavy atom. The van der Waals surface area contributed by atoms with E-state index in [4.69, 9.17) is 4.74 Å². The second-order valence-electron chi connectivity index (χ2n) is 5.79. The highest BCUT2D eigenvalue weighted by molar-refractivity contribution is 7.16. The predicted molar refractivity (Wildman–Crippen MR) is 102 cm³/mol. The van der Waals surface area contributed by atoms with Gasteiger partial charge in [-0.3, -0.25) is 4.79 Å². The topological polar surface area (TPSA) is 43.6 Å². The Balaban J connectivity index is 1.98. The number of rotatable bonds is 5. The first-order valence-electron chi connectivity index (χ1n) is 8.02. The fourth-order valence-corrected chi connectivity index (χ4v) is 3.68. The third-order valence-electron chi connectivity index (χ3n) is 3.90. The maximum Gasteiger partial charge on any atom is 0.252 e. The molecule has 0 radical (unpaired) electrons. The summed E-state index contributed by atoms with van der Waals surface area (Å²) in [6.45, 7) is 6.43. The molecule has 1 heterocycles. The van der Waals surface area contributed by atoms with Gasteiger partial charge in [-0.05, 0) is 30.7 Å². The van der Waals surface area contributed by atoms with Crippen molar-refractivity contribution in [3.8, 4) is 5.75 Å². The number of hydrogen-bond acceptors (Lipinski definition) is 3. The van der Waals surface area contributed by atoms with Gasteiger partial charge in [0.25, 0.3) is 5.91 Å². The minimum atomic E-state index is -0.153. The van der Waals surface area contributed by atoms with Crippen LogP contribution in [0.15, 0.2) is 60.1 Å². The molecule has 0 fully saturated rings. The number of benzene rings is 2. The van der Waals surface area contributed by atoms with Crippen LogP contribution in [0.1, 0.15) is 11.1 Å². The van der Waals surface area contributed by atoms with Crippen molar-refractivity contribution in [3.05, 3.63) is 71.0 Å². The summed E-state index contributed by atoms with van der Waals surface area (Å²) in [5.74, 6) is 0.636. The number of aromatic nitrogens is 1. The maximum absolute atomic E-state index is 12.4. The smallest absolute Gasteiger partial charge is 0.252 e. The molecule has 5 heteroatoms. The van der Waals surface area contributed by atoms with Gasteiger partial charge >= 0.3 is 0 Å². The first kappa shape index (κ1) is 17.2. The van der Waals surface area contributed by atoms with Crippen molar-refractivity contribution in [2.45, 2.75) is 19.9 Å². The van der Waals surface area contributed by atoms with Crippen molar-refractivity contribution in [1.29, 1.82) is 0 Å². The molecule has 0 aliphatic carbocycles. The predicted octanol–water partition coefficient (Wildman–Crippen LogP) is 3.88. The molecule has 1 aromatic heterocycles. The summed E-state index contributed by atoms with van der Waals surface area (Å²) in [6.07, 6.45) is 2.10. The highest BCUT2D eigenvalue weighted by Gasteiger charge is 2.09. The van der Waals surface area contributed by atoms with Crippen LogP contribution in [0, 0.1) is 6.92 Å². The van der Waals surface area contributed by atoms with Crippen molar-refractivity contribution in [2.24, 2.45) is 4.99 Å². The van der Waals surface area contributed by atoms with Crippen LogP contribution < -0.4 is 9.54 Å². The fourth-order valence-electron chi connectivity index (χ4n) is 2.60. The number of carbonyl (C=O) groups excluding carboxylic acids is 1. The van der Waals surface area contributed by atoms with E-state index in [9.17, 15) is 4.79 Å². The van der Waals surface area contributed by atoms with Crippen LogP contribution in [0.4, 0.5) is 0 Å². The molecular weight excluding hydrogens is 332 g/mol. The molecule has 0 aliphatic heterocycles. The van der Waals surface area contributed by atoms with Crippen LogP contribution in [0.2, 0.25) is 0 Å². The quantitative estimate of drug-likeness (QED) is 0.654. The van der Waals surface area contributed by atoms with Crippen molar-refractivity contribution in [2.75, 3.05) is 7.11 Å². The molecule has 0 spiro atoms. The van der Waals surface area contributed by atoms with Gasteiger partial charge in [-0.1, -0.05) is 47.2 Å². The number of ether oxygens (including phenoxy) is 1. The van der Waals surface area contributed by atoms with E-state index in [0.717, 1.165) is 21.5 Å². The molecule has 0 bridgehead atoms. The van der Waals surface area contributed by atoms with Gasteiger partial charge in [0.15, 0.2) is 4.80 Å². The number of aryl methyl sites for hydroxylation is 1. The minimum Gasteiger partial charge on any atom is -0.497 e. The van der Waals surface area contributed by atoms with Gasteiger partial charge in [0.1, 0.15) is 5.75 Å². The lowest BCUT2D eigenvalue weighted by Crippen LogP contribution is -2.16. The normalized spacial score (nSPS) is 11.7. The van der Waals surface area contributed by atoms with Crippen LogP contribution in [0.3, 0.4) is 0 Å². The Labute approximate surface area is 150 Å². The lowest BCUT2D eigenvalue weighted by atomic mass is 10.1. The standard InChI is InChI=1S/C20H20N2O2S/c1-4-11-22-17-10-9-16(24-3)13-18(17)25-20(22)21-19(23)12-15-7-5-14(2)6-8-15/h4-10,13H,1,11-12H2,2-3H3. The number of hydrogen-bond donors (Lipinski definition) is 0. The molecule has 0 aliphatic rings. The van der Waals surface area contributed by atoms with Crippen LogP contribution in [0.5, 0.6) is 5.75 Å². The van der Waals surface area contributed by atoms with Crippen molar-refractivity contribution >= 4 is 27.5 Å². The largest absolute Gasteiger partial charge is 0.497 e. The summed E-state index contributed by atoms with van der Waals surface area (Å²) in [6, 6.07) is 13.8. The number of fused-ring (bicyclic) bond motifs is 1. The zero-order valence-corrected chi connectivity index (χ0v) is 15.2. The van der Waals surface area contributed by atoms with E-state index in [-0.39, 0.29) is 5.91 Å². The van der Waals surface area contributed by atoms with E-state index in [1.807, 2.05) is 54.0 Å². The molecule has 0 N–H and O–H groups in total. The van der Waals surface area contributed by atoms with Crippen molar-refractivity contribution in [3.63, 3.8) is 0 Å². The highest BCUT2D eigenvalue weighted by Crippen LogP contribution is 2.23. The van der Waals surface area contributed by atoms with Crippen LogP contribution in [0.25, 0.3) is 10.2 Å². The number of carbonyl (C=O) groups is 1. The number of amides is 1. The van der Waals surface area contributed by atoms with E-state index in [1.165, 1.54) is 16.9 Å². The van der Waals surface area contributed by atoms with Gasteiger partial charge in [-0.2, -0.15) is 4.99 Å². The van der Waals surface area contributed by atoms with E-state index in [1.54, 1.807) is 13.2 Å². The van der Waals surface area contributed by atoms with Gasteiger partial charge in [-0.25, -0.2) is 0 Å². The van der Waals surface area contributed by atoms with E-state index in [0.29, 0.717) is 17.8 Å². The Hall–Kier alpha value is -2.66. The number of thiazole rings is 1. The zero-order chi connectivity index (χ0) is 17.8. The molecule has 0 atom stereocenters. The summed E-state index contributed by atoms with van der Waals surface area (Å²) >= 11 is 1.48. The lowest BCUT2D eigenvalue weighted by Gasteiger charge is -2.02. The second-order valence-corrected chi connectivity index (χ2v) is 6.79. The summed E-state index contributed by atoms with van der Waals surface area (Å²) in [4.78, 5) is 17.4. The Bertz CT molecular complexity index is 981. The van der Waals surface area contributed by atoms with Crippen molar-refractivity contribution < 1.29 is 9.53 Å². The average molecular weight is 352 g/mol. The highest BCUT2D eigenvalue weighted by atomic mass is 32.1. The average Bonchev–Trinajstić information content (AvgIpc) is 2.93. The van der Waals surface area contributed by atoms with E-state index < -0.39 is 0 Å². The van der Waals surface area contributed by atoms with Gasteiger partial charge in [0.2, 0.25) is 0 Å². The van der Waals surface area contributed by atoms with E-state index >= 15 is 0 Å². The molecule has 0 saturated heterocycles. The van der Waals surface area contributed by atoms with Crippen molar-refractivity contribution in [1.82, 2.24) is 4.57 Å². The van der Waals surface area contributed by atoms with Gasteiger partial charge in [0, 0.05) is 6.54 Å². The lowest BCUT2D eigenvalue weighted by molar-refractivity contribution is -0.117. The molecule has 1 amide bonds. The third kappa shape index (κ3) is 3.88. The Morgan fingerprint density at radius 3 is 2.72 bits per heavy atom. The summed E-state index contributed by atoms with van der Waals surface area (Å²) in [5.41, 5.74) is 3.17. The van der Waals surface area contributed by atoms with Crippen LogP contribution in [-0.2, 0) is 17.8 Å². The first-order valence-corrected chi connectivity index (χ1v) is 8.83. The molecular formula is C20H20N2O2S. The summed E-state index contributed by atoms with van der Waals surface area (Å²) < 4.78 is 8.31. The fraction of sp³-hybridized carbons (Fsp3) is 0.200. The van der Waals surface area contributed by atoms with Gasteiger partial charge < -0.3 is 9.30 Å². The number of methoxy groups -OCH3 is 1. The molecule has 4 nitrogen and oxygen atoms in total.